The molecule has 1 rings (SSSR count). The molecule has 0 radical (unpaired) electrons. The fourth-order valence-electron chi connectivity index (χ4n) is 0.794. The molecule has 0 aromatic rings. The number of hydrogen-bond donors (Lipinski definition) is 0. The lowest BCUT2D eigenvalue weighted by Crippen LogP contribution is -2.03. The van der Waals surface area contributed by atoms with Crippen LogP contribution in [0.2, 0.25) is 0 Å². The fraction of sp³-hybridized carbons (Fsp3) is 1.00. The summed E-state index contributed by atoms with van der Waals surface area (Å²) in [5.41, 5.74) is 0. The highest BCUT2D eigenvalue weighted by atomic mass is 33.1. The Hall–Kier alpha value is 0.500. The molecule has 1 aliphatic heterocycles. The molecule has 1 saturated heterocycles. The lowest BCUT2D eigenvalue weighted by molar-refractivity contribution is 0.674. The first-order valence-corrected chi connectivity index (χ1v) is 5.60. The Balaban J connectivity index is 2.42. The van der Waals surface area contributed by atoms with Crippen LogP contribution in [-0.2, 0) is 9.83 Å². The second kappa shape index (κ2) is 2.87. The molecule has 0 aromatic carbocycles. The smallest absolute Gasteiger partial charge is 0.0835 e. The Morgan fingerprint density at radius 3 is 2.88 bits per heavy atom. The van der Waals surface area contributed by atoms with Gasteiger partial charge in [-0.3, -0.25) is 0 Å². The molecule has 0 saturated carbocycles. The van der Waals surface area contributed by atoms with E-state index in [0.29, 0.717) is 5.25 Å². The first kappa shape index (κ1) is 6.62. The summed E-state index contributed by atoms with van der Waals surface area (Å²) < 4.78 is 10.9. The first-order valence-electron chi connectivity index (χ1n) is 2.88. The van der Waals surface area contributed by atoms with Gasteiger partial charge in [0.25, 0.3) is 0 Å². The third-order valence-electron chi connectivity index (χ3n) is 1.37. The summed E-state index contributed by atoms with van der Waals surface area (Å²) in [6, 6.07) is 0. The van der Waals surface area contributed by atoms with Crippen molar-refractivity contribution in [3.63, 3.8) is 0 Å². The van der Waals surface area contributed by atoms with Gasteiger partial charge in [0, 0.05) is 11.0 Å². The average Bonchev–Trinajstić information content (AvgIpc) is 2.14. The van der Waals surface area contributed by atoms with E-state index in [0.717, 1.165) is 18.6 Å². The van der Waals surface area contributed by atoms with Gasteiger partial charge in [-0.1, -0.05) is 17.7 Å². The lowest BCUT2D eigenvalue weighted by Gasteiger charge is -1.98. The standard InChI is InChI=1S/C5H10OS2/c1-2-5-3-4-7-8(5)6/h5H,2-4H2,1H3. The first-order chi connectivity index (χ1) is 3.84. The molecule has 0 aliphatic carbocycles. The van der Waals surface area contributed by atoms with Gasteiger partial charge in [-0.25, -0.2) is 4.21 Å². The third-order valence-corrected chi connectivity index (χ3v) is 5.13. The maximum atomic E-state index is 10.9. The molecule has 1 aliphatic rings. The van der Waals surface area contributed by atoms with Crippen molar-refractivity contribution in [2.75, 3.05) is 5.75 Å². The van der Waals surface area contributed by atoms with E-state index in [1.807, 2.05) is 0 Å². The predicted molar refractivity (Wildman–Crippen MR) is 39.3 cm³/mol. The van der Waals surface area contributed by atoms with Gasteiger partial charge in [-0.15, -0.1) is 0 Å². The van der Waals surface area contributed by atoms with Gasteiger partial charge in [0.1, 0.15) is 0 Å². The van der Waals surface area contributed by atoms with E-state index in [2.05, 4.69) is 6.92 Å². The van der Waals surface area contributed by atoms with E-state index in [1.54, 1.807) is 10.8 Å². The highest BCUT2D eigenvalue weighted by molar-refractivity contribution is 8.69. The number of hydrogen-bond acceptors (Lipinski definition) is 2. The van der Waals surface area contributed by atoms with Crippen LogP contribution in [0.1, 0.15) is 19.8 Å². The summed E-state index contributed by atoms with van der Waals surface area (Å²) in [4.78, 5) is 0. The molecule has 1 heterocycles. The summed E-state index contributed by atoms with van der Waals surface area (Å²) in [5, 5.41) is 0.500. The van der Waals surface area contributed by atoms with Crippen molar-refractivity contribution in [1.29, 1.82) is 0 Å². The van der Waals surface area contributed by atoms with Crippen LogP contribution >= 0.6 is 10.8 Å². The molecule has 0 N–H and O–H groups in total. The van der Waals surface area contributed by atoms with Crippen LogP contribution in [0.15, 0.2) is 0 Å². The van der Waals surface area contributed by atoms with Gasteiger partial charge in [0.15, 0.2) is 0 Å². The quantitative estimate of drug-likeness (QED) is 0.528. The molecule has 1 fully saturated rings. The zero-order chi connectivity index (χ0) is 5.98. The summed E-state index contributed by atoms with van der Waals surface area (Å²) >= 11 is 0. The lowest BCUT2D eigenvalue weighted by atomic mass is 10.3. The predicted octanol–water partition coefficient (Wildman–Crippen LogP) is 1.57. The van der Waals surface area contributed by atoms with E-state index < -0.39 is 9.83 Å². The van der Waals surface area contributed by atoms with Crippen molar-refractivity contribution < 1.29 is 4.21 Å². The third kappa shape index (κ3) is 1.26. The number of rotatable bonds is 1. The van der Waals surface area contributed by atoms with Gasteiger partial charge in [-0.2, -0.15) is 0 Å². The van der Waals surface area contributed by atoms with Crippen molar-refractivity contribution >= 4 is 20.6 Å². The highest BCUT2D eigenvalue weighted by Gasteiger charge is 2.21. The van der Waals surface area contributed by atoms with E-state index >= 15 is 0 Å². The minimum absolute atomic E-state index is 0.500. The SMILES string of the molecule is CCC1CCSS1=O. The van der Waals surface area contributed by atoms with Crippen LogP contribution < -0.4 is 0 Å². The molecule has 48 valence electrons. The van der Waals surface area contributed by atoms with E-state index in [-0.39, 0.29) is 0 Å². The Bertz CT molecular complexity index is 103. The summed E-state index contributed by atoms with van der Waals surface area (Å²) in [7, 11) is 1.06. The Labute approximate surface area is 56.1 Å². The van der Waals surface area contributed by atoms with Crippen LogP contribution in [0.3, 0.4) is 0 Å². The minimum atomic E-state index is -0.544. The van der Waals surface area contributed by atoms with Gasteiger partial charge < -0.3 is 0 Å². The molecule has 8 heavy (non-hydrogen) atoms. The minimum Gasteiger partial charge on any atom is -0.248 e. The van der Waals surface area contributed by atoms with Gasteiger partial charge in [0.2, 0.25) is 0 Å². The molecule has 0 spiro atoms. The summed E-state index contributed by atoms with van der Waals surface area (Å²) in [5.74, 6) is 1.10. The maximum Gasteiger partial charge on any atom is 0.0835 e. The maximum absolute atomic E-state index is 10.9. The van der Waals surface area contributed by atoms with Gasteiger partial charge >= 0.3 is 0 Å². The normalized spacial score (nSPS) is 38.1. The molecule has 2 unspecified atom stereocenters. The molecule has 0 amide bonds. The molecule has 0 aromatic heterocycles. The van der Waals surface area contributed by atoms with Crippen molar-refractivity contribution in [2.24, 2.45) is 0 Å². The second-order valence-corrected chi connectivity index (χ2v) is 5.43. The Kier molecular flexibility index (Phi) is 2.38. The van der Waals surface area contributed by atoms with Crippen molar-refractivity contribution in [2.45, 2.75) is 25.0 Å². The molecule has 1 nitrogen and oxygen atoms in total. The van der Waals surface area contributed by atoms with Crippen LogP contribution in [0, 0.1) is 0 Å². The van der Waals surface area contributed by atoms with Crippen molar-refractivity contribution in [3.05, 3.63) is 0 Å². The summed E-state index contributed by atoms with van der Waals surface area (Å²) in [6.45, 7) is 2.11. The largest absolute Gasteiger partial charge is 0.248 e. The summed E-state index contributed by atoms with van der Waals surface area (Å²) in [6.07, 6.45) is 2.24. The zero-order valence-corrected chi connectivity index (χ0v) is 6.56. The highest BCUT2D eigenvalue weighted by Crippen LogP contribution is 2.27. The van der Waals surface area contributed by atoms with E-state index in [4.69, 9.17) is 0 Å². The topological polar surface area (TPSA) is 17.1 Å². The molecular weight excluding hydrogens is 140 g/mol. The van der Waals surface area contributed by atoms with E-state index in [1.165, 1.54) is 0 Å². The Morgan fingerprint density at radius 1 is 1.88 bits per heavy atom. The zero-order valence-electron chi connectivity index (χ0n) is 4.92. The van der Waals surface area contributed by atoms with Crippen LogP contribution in [0.4, 0.5) is 0 Å². The van der Waals surface area contributed by atoms with Crippen LogP contribution in [0.5, 0.6) is 0 Å². The van der Waals surface area contributed by atoms with Gasteiger partial charge in [-0.05, 0) is 12.8 Å². The fourth-order valence-corrected chi connectivity index (χ4v) is 4.32. The molecule has 3 heteroatoms. The monoisotopic (exact) mass is 150 g/mol. The average molecular weight is 150 g/mol. The van der Waals surface area contributed by atoms with Crippen LogP contribution in [-0.4, -0.2) is 15.2 Å². The van der Waals surface area contributed by atoms with Gasteiger partial charge in [0.05, 0.1) is 9.83 Å². The molecule has 0 bridgehead atoms. The van der Waals surface area contributed by atoms with Crippen LogP contribution in [0.25, 0.3) is 0 Å². The second-order valence-electron chi connectivity index (χ2n) is 1.90. The van der Waals surface area contributed by atoms with Crippen molar-refractivity contribution in [3.8, 4) is 0 Å². The van der Waals surface area contributed by atoms with Crippen molar-refractivity contribution in [1.82, 2.24) is 0 Å². The Morgan fingerprint density at radius 2 is 2.62 bits per heavy atom. The molecule has 2 atom stereocenters. The van der Waals surface area contributed by atoms with E-state index in [9.17, 15) is 4.21 Å². The molecular formula is C5H10OS2.